The number of hydrogen-bond donors (Lipinski definition) is 3. The normalized spacial score (nSPS) is 11.1. The van der Waals surface area contributed by atoms with Gasteiger partial charge in [-0.2, -0.15) is 0 Å². The molecular formula is C3H8NO4PS. The fourth-order valence-electron chi connectivity index (χ4n) is 0.215. The molecule has 0 aromatic heterocycles. The van der Waals surface area contributed by atoms with Crippen LogP contribution in [0.15, 0.2) is 0 Å². The van der Waals surface area contributed by atoms with Gasteiger partial charge in [0, 0.05) is 7.05 Å². The molecule has 1 amide bonds. The van der Waals surface area contributed by atoms with Crippen LogP contribution in [0, 0.1) is 0 Å². The van der Waals surface area contributed by atoms with Crippen molar-refractivity contribution >= 4 is 24.1 Å². The monoisotopic (exact) mass is 185 g/mol. The Labute approximate surface area is 62.1 Å². The second-order valence-corrected chi connectivity index (χ2v) is 5.17. The van der Waals surface area contributed by atoms with Gasteiger partial charge in [0.25, 0.3) is 0 Å². The highest BCUT2D eigenvalue weighted by molar-refractivity contribution is 8.54. The molecule has 0 saturated carbocycles. The van der Waals surface area contributed by atoms with Crippen molar-refractivity contribution in [1.29, 1.82) is 0 Å². The van der Waals surface area contributed by atoms with Gasteiger partial charge in [0.1, 0.15) is 0 Å². The molecule has 0 rings (SSSR count). The van der Waals surface area contributed by atoms with Gasteiger partial charge in [-0.3, -0.25) is 4.79 Å². The van der Waals surface area contributed by atoms with Crippen LogP contribution in [-0.2, 0) is 9.36 Å². The van der Waals surface area contributed by atoms with Crippen molar-refractivity contribution in [3.05, 3.63) is 0 Å². The van der Waals surface area contributed by atoms with Crippen molar-refractivity contribution in [3.8, 4) is 0 Å². The van der Waals surface area contributed by atoms with E-state index < -0.39 is 12.7 Å². The Kier molecular flexibility index (Phi) is 3.96. The molecule has 0 aromatic rings. The van der Waals surface area contributed by atoms with E-state index in [9.17, 15) is 9.36 Å². The van der Waals surface area contributed by atoms with Crippen LogP contribution in [0.4, 0.5) is 0 Å². The van der Waals surface area contributed by atoms with Crippen molar-refractivity contribution in [3.63, 3.8) is 0 Å². The fourth-order valence-corrected chi connectivity index (χ4v) is 1.50. The van der Waals surface area contributed by atoms with E-state index in [4.69, 9.17) is 9.79 Å². The van der Waals surface area contributed by atoms with E-state index in [0.717, 1.165) is 0 Å². The van der Waals surface area contributed by atoms with Gasteiger partial charge >= 0.3 is 6.80 Å². The van der Waals surface area contributed by atoms with Crippen LogP contribution in [0.1, 0.15) is 0 Å². The number of rotatable bonds is 3. The summed E-state index contributed by atoms with van der Waals surface area (Å²) in [5.41, 5.74) is 0. The summed E-state index contributed by atoms with van der Waals surface area (Å²) in [6.07, 6.45) is 0. The van der Waals surface area contributed by atoms with Gasteiger partial charge < -0.3 is 15.1 Å². The van der Waals surface area contributed by atoms with E-state index in [1.54, 1.807) is 0 Å². The summed E-state index contributed by atoms with van der Waals surface area (Å²) >= 11 is 0.321. The molecule has 0 atom stereocenters. The Bertz CT molecular complexity index is 166. The summed E-state index contributed by atoms with van der Waals surface area (Å²) in [4.78, 5) is 26.9. The van der Waals surface area contributed by atoms with Crippen LogP contribution in [0.5, 0.6) is 0 Å². The van der Waals surface area contributed by atoms with Crippen molar-refractivity contribution in [2.75, 3.05) is 12.8 Å². The van der Waals surface area contributed by atoms with E-state index in [-0.39, 0.29) is 5.75 Å². The highest BCUT2D eigenvalue weighted by Gasteiger charge is 2.15. The molecule has 10 heavy (non-hydrogen) atoms. The topological polar surface area (TPSA) is 86.6 Å². The molecule has 0 fully saturated rings. The zero-order valence-electron chi connectivity index (χ0n) is 5.27. The molecule has 0 heterocycles. The van der Waals surface area contributed by atoms with Gasteiger partial charge in [0.05, 0.1) is 5.75 Å². The van der Waals surface area contributed by atoms with Crippen LogP contribution >= 0.6 is 18.2 Å². The first-order valence-electron chi connectivity index (χ1n) is 2.36. The summed E-state index contributed by atoms with van der Waals surface area (Å²) in [6, 6.07) is 0. The molecule has 0 aliphatic carbocycles. The van der Waals surface area contributed by atoms with Crippen LogP contribution in [0.25, 0.3) is 0 Å². The third-order valence-electron chi connectivity index (χ3n) is 0.643. The van der Waals surface area contributed by atoms with E-state index in [1.807, 2.05) is 0 Å². The number of nitrogens with one attached hydrogen (secondary N) is 1. The molecule has 0 radical (unpaired) electrons. The van der Waals surface area contributed by atoms with Crippen molar-refractivity contribution in [1.82, 2.24) is 5.32 Å². The summed E-state index contributed by atoms with van der Waals surface area (Å²) in [7, 11) is 1.41. The Morgan fingerprint density at radius 2 is 2.20 bits per heavy atom. The van der Waals surface area contributed by atoms with Crippen LogP contribution < -0.4 is 5.32 Å². The minimum absolute atomic E-state index is 0.208. The number of hydrogen-bond acceptors (Lipinski definition) is 3. The minimum atomic E-state index is -4.08. The predicted molar refractivity (Wildman–Crippen MR) is 38.6 cm³/mol. The molecule has 0 aliphatic rings. The van der Waals surface area contributed by atoms with E-state index in [1.165, 1.54) is 7.05 Å². The zero-order valence-corrected chi connectivity index (χ0v) is 6.98. The maximum Gasteiger partial charge on any atom is 0.384 e. The van der Waals surface area contributed by atoms with E-state index >= 15 is 0 Å². The average Bonchev–Trinajstić information content (AvgIpc) is 1.81. The first-order chi connectivity index (χ1) is 4.45. The molecule has 0 spiro atoms. The summed E-state index contributed by atoms with van der Waals surface area (Å²) in [6.45, 7) is -4.08. The quantitative estimate of drug-likeness (QED) is 0.519. The molecule has 3 N–H and O–H groups in total. The van der Waals surface area contributed by atoms with Crippen LogP contribution in [0.3, 0.4) is 0 Å². The first-order valence-corrected chi connectivity index (χ1v) is 5.56. The molecule has 7 heteroatoms. The van der Waals surface area contributed by atoms with Gasteiger partial charge in [0.2, 0.25) is 5.91 Å². The Morgan fingerprint density at radius 1 is 1.70 bits per heavy atom. The predicted octanol–water partition coefficient (Wildman–Crippen LogP) is -0.442. The molecule has 0 saturated heterocycles. The number of amides is 1. The lowest BCUT2D eigenvalue weighted by Crippen LogP contribution is -2.19. The van der Waals surface area contributed by atoms with Gasteiger partial charge in [-0.1, -0.05) is 0 Å². The second kappa shape index (κ2) is 3.98. The molecule has 0 aromatic carbocycles. The van der Waals surface area contributed by atoms with Crippen LogP contribution in [0.2, 0.25) is 0 Å². The second-order valence-electron chi connectivity index (χ2n) is 1.44. The first kappa shape index (κ1) is 9.97. The Hall–Kier alpha value is -0.0300. The number of carbonyl (C=O) groups excluding carboxylic acids is 1. The fraction of sp³-hybridized carbons (Fsp3) is 0.667. The van der Waals surface area contributed by atoms with E-state index in [0.29, 0.717) is 11.4 Å². The largest absolute Gasteiger partial charge is 0.384 e. The minimum Gasteiger partial charge on any atom is -0.358 e. The van der Waals surface area contributed by atoms with Gasteiger partial charge in [0.15, 0.2) is 0 Å². The van der Waals surface area contributed by atoms with Gasteiger partial charge in [-0.05, 0) is 11.4 Å². The van der Waals surface area contributed by atoms with Crippen LogP contribution in [-0.4, -0.2) is 28.5 Å². The lowest BCUT2D eigenvalue weighted by Gasteiger charge is -2.00. The molecule has 5 nitrogen and oxygen atoms in total. The summed E-state index contributed by atoms with van der Waals surface area (Å²) in [5, 5.41) is 2.23. The Morgan fingerprint density at radius 3 is 2.50 bits per heavy atom. The summed E-state index contributed by atoms with van der Waals surface area (Å²) in [5.74, 6) is -0.603. The highest BCUT2D eigenvalue weighted by Crippen LogP contribution is 2.49. The van der Waals surface area contributed by atoms with Crippen molar-refractivity contribution in [2.24, 2.45) is 0 Å². The Balaban J connectivity index is 3.56. The third-order valence-corrected chi connectivity index (χ3v) is 2.77. The number of carbonyl (C=O) groups is 1. The molecular weight excluding hydrogens is 177 g/mol. The van der Waals surface area contributed by atoms with Gasteiger partial charge in [-0.25, -0.2) is 4.57 Å². The molecule has 60 valence electrons. The summed E-state index contributed by atoms with van der Waals surface area (Å²) < 4.78 is 10.1. The van der Waals surface area contributed by atoms with E-state index in [2.05, 4.69) is 5.32 Å². The highest BCUT2D eigenvalue weighted by atomic mass is 32.7. The smallest absolute Gasteiger partial charge is 0.358 e. The zero-order chi connectivity index (χ0) is 8.20. The molecule has 0 aliphatic heterocycles. The van der Waals surface area contributed by atoms with Gasteiger partial charge in [-0.15, -0.1) is 0 Å². The lowest BCUT2D eigenvalue weighted by molar-refractivity contribution is -0.118. The molecule has 0 bridgehead atoms. The SMILES string of the molecule is CNC(=O)CSP(=O)(O)O. The van der Waals surface area contributed by atoms with Crippen molar-refractivity contribution < 1.29 is 19.1 Å². The lowest BCUT2D eigenvalue weighted by atomic mass is 10.7. The maximum absolute atomic E-state index is 10.4. The molecule has 0 unspecified atom stereocenters. The standard InChI is InChI=1S/C3H8NO4PS/c1-4-3(5)2-10-9(6,7)8/h2H2,1H3,(H,4,5)(H2,6,7,8). The average molecular weight is 185 g/mol. The maximum atomic E-state index is 10.4. The van der Waals surface area contributed by atoms with Crippen molar-refractivity contribution in [2.45, 2.75) is 0 Å². The third kappa shape index (κ3) is 6.10.